The fourth-order valence-corrected chi connectivity index (χ4v) is 5.64. The van der Waals surface area contributed by atoms with E-state index in [9.17, 15) is 9.59 Å². The Hall–Kier alpha value is -2.42. The van der Waals surface area contributed by atoms with Crippen LogP contribution in [0.15, 0.2) is 36.7 Å². The third-order valence-electron chi connectivity index (χ3n) is 7.32. The van der Waals surface area contributed by atoms with E-state index >= 15 is 0 Å². The van der Waals surface area contributed by atoms with Gasteiger partial charge in [0.2, 0.25) is 0 Å². The number of carbonyl (C=O) groups is 2. The lowest BCUT2D eigenvalue weighted by Crippen LogP contribution is -2.40. The Morgan fingerprint density at radius 2 is 1.82 bits per heavy atom. The van der Waals surface area contributed by atoms with Gasteiger partial charge in [0.05, 0.1) is 25.0 Å². The number of nitrogens with zero attached hydrogens (tertiary/aromatic N) is 5. The molecule has 0 N–H and O–H groups in total. The van der Waals surface area contributed by atoms with Gasteiger partial charge in [0, 0.05) is 50.0 Å². The minimum atomic E-state index is -0.147. The largest absolute Gasteiger partial charge is 0.378 e. The molecule has 1 unspecified atom stereocenters. The molecule has 2 aliphatic heterocycles. The van der Waals surface area contributed by atoms with E-state index in [-0.39, 0.29) is 11.9 Å². The Morgan fingerprint density at radius 3 is 2.52 bits per heavy atom. The minimum Gasteiger partial charge on any atom is -0.378 e. The zero-order valence-corrected chi connectivity index (χ0v) is 19.7. The highest BCUT2D eigenvalue weighted by molar-refractivity contribution is 6.31. The molecule has 9 heteroatoms. The number of carbonyl (C=O) groups excluding carboxylic acids is 2. The monoisotopic (exact) mass is 471 g/mol. The van der Waals surface area contributed by atoms with Gasteiger partial charge in [-0.25, -0.2) is 4.79 Å². The van der Waals surface area contributed by atoms with Crippen LogP contribution in [0.2, 0.25) is 5.02 Å². The van der Waals surface area contributed by atoms with E-state index < -0.39 is 0 Å². The van der Waals surface area contributed by atoms with E-state index in [1.54, 1.807) is 11.1 Å². The highest BCUT2D eigenvalue weighted by Crippen LogP contribution is 2.40. The molecule has 3 atom stereocenters. The maximum Gasteiger partial charge on any atom is 0.344 e. The molecule has 0 bridgehead atoms. The highest BCUT2D eigenvalue weighted by Gasteiger charge is 2.43. The Labute approximate surface area is 199 Å². The first-order valence-corrected chi connectivity index (χ1v) is 12.0. The highest BCUT2D eigenvalue weighted by atomic mass is 35.5. The smallest absolute Gasteiger partial charge is 0.344 e. The molecular formula is C24H30ClN5O3. The van der Waals surface area contributed by atoms with Crippen molar-refractivity contribution in [1.82, 2.24) is 24.5 Å². The Balaban J connectivity index is 1.16. The van der Waals surface area contributed by atoms with Crippen LogP contribution in [0.4, 0.5) is 4.79 Å². The first kappa shape index (κ1) is 22.4. The summed E-state index contributed by atoms with van der Waals surface area (Å²) in [4.78, 5) is 31.7. The fourth-order valence-electron chi connectivity index (χ4n) is 5.44. The number of hydrogen-bond donors (Lipinski definition) is 0. The van der Waals surface area contributed by atoms with Crippen LogP contribution in [0, 0.1) is 11.8 Å². The zero-order chi connectivity index (χ0) is 22.9. The Kier molecular flexibility index (Phi) is 6.40. The average molecular weight is 472 g/mol. The molecule has 2 aromatic rings. The Morgan fingerprint density at radius 1 is 1.12 bits per heavy atom. The molecule has 2 amide bonds. The summed E-state index contributed by atoms with van der Waals surface area (Å²) < 4.78 is 6.62. The standard InChI is InChI=1S/C24H30ClN5O3/c1-27(13-17-4-2-3-5-22(17)25)21-10-18-14-29(15-19(18)11-21)24(32)30-16-20(12-26-30)23(31)28-6-8-33-9-7-28/h2-5,12,16,18-19,21H,6-11,13-15H2,1H3/t18-,19+,21?. The second kappa shape index (κ2) is 9.44. The first-order chi connectivity index (χ1) is 16.0. The SMILES string of the molecule is CN(Cc1ccccc1Cl)C1C[C@@H]2CN(C(=O)n3cc(C(=O)N4CCOCC4)cn3)C[C@@H]2C1. The average Bonchev–Trinajstić information content (AvgIpc) is 3.55. The number of ether oxygens (including phenoxy) is 1. The number of morpholine rings is 1. The molecule has 1 aromatic heterocycles. The number of benzene rings is 1. The minimum absolute atomic E-state index is 0.0972. The van der Waals surface area contributed by atoms with Crippen molar-refractivity contribution in [2.45, 2.75) is 25.4 Å². The summed E-state index contributed by atoms with van der Waals surface area (Å²) in [6.45, 7) is 4.55. The topological polar surface area (TPSA) is 70.9 Å². The number of likely N-dealkylation sites (tertiary alicyclic amines) is 1. The van der Waals surface area contributed by atoms with Crippen molar-refractivity contribution in [1.29, 1.82) is 0 Å². The van der Waals surface area contributed by atoms with Gasteiger partial charge in [0.15, 0.2) is 0 Å². The summed E-state index contributed by atoms with van der Waals surface area (Å²) in [7, 11) is 2.16. The lowest BCUT2D eigenvalue weighted by molar-refractivity contribution is 0.0303. The van der Waals surface area contributed by atoms with Crippen molar-refractivity contribution in [2.75, 3.05) is 46.4 Å². The van der Waals surface area contributed by atoms with Crippen LogP contribution in [0.1, 0.15) is 28.8 Å². The number of hydrogen-bond acceptors (Lipinski definition) is 5. The first-order valence-electron chi connectivity index (χ1n) is 11.6. The molecule has 8 nitrogen and oxygen atoms in total. The van der Waals surface area contributed by atoms with Gasteiger partial charge in [0.1, 0.15) is 0 Å². The quantitative estimate of drug-likeness (QED) is 0.685. The summed E-state index contributed by atoms with van der Waals surface area (Å²) >= 11 is 6.34. The van der Waals surface area contributed by atoms with Crippen LogP contribution in [-0.4, -0.2) is 88.9 Å². The van der Waals surface area contributed by atoms with Crippen LogP contribution < -0.4 is 0 Å². The number of aromatic nitrogens is 2. The molecule has 176 valence electrons. The second-order valence-electron chi connectivity index (χ2n) is 9.42. The molecule has 33 heavy (non-hydrogen) atoms. The van der Waals surface area contributed by atoms with Crippen molar-refractivity contribution in [3.8, 4) is 0 Å². The molecule has 1 saturated carbocycles. The molecule has 5 rings (SSSR count). The third-order valence-corrected chi connectivity index (χ3v) is 7.69. The Bertz CT molecular complexity index is 1010. The second-order valence-corrected chi connectivity index (χ2v) is 9.82. The van der Waals surface area contributed by atoms with E-state index in [2.05, 4.69) is 23.1 Å². The fraction of sp³-hybridized carbons (Fsp3) is 0.542. The normalized spacial score (nSPS) is 25.0. The van der Waals surface area contributed by atoms with Crippen molar-refractivity contribution in [2.24, 2.45) is 11.8 Å². The van der Waals surface area contributed by atoms with Crippen molar-refractivity contribution in [3.05, 3.63) is 52.8 Å². The van der Waals surface area contributed by atoms with Crippen molar-refractivity contribution < 1.29 is 14.3 Å². The van der Waals surface area contributed by atoms with Crippen LogP contribution in [0.5, 0.6) is 0 Å². The van der Waals surface area contributed by atoms with Gasteiger partial charge in [-0.15, -0.1) is 0 Å². The van der Waals surface area contributed by atoms with Crippen LogP contribution >= 0.6 is 11.6 Å². The summed E-state index contributed by atoms with van der Waals surface area (Å²) in [6.07, 6.45) is 5.21. The van der Waals surface area contributed by atoms with Gasteiger partial charge < -0.3 is 14.5 Å². The molecule has 1 aromatic carbocycles. The molecule has 3 aliphatic rings. The van der Waals surface area contributed by atoms with E-state index in [1.807, 2.05) is 23.1 Å². The van der Waals surface area contributed by atoms with Crippen LogP contribution in [0.3, 0.4) is 0 Å². The number of fused-ring (bicyclic) bond motifs is 1. The maximum atomic E-state index is 13.0. The van der Waals surface area contributed by atoms with Gasteiger partial charge in [-0.2, -0.15) is 9.78 Å². The van der Waals surface area contributed by atoms with Gasteiger partial charge >= 0.3 is 6.03 Å². The summed E-state index contributed by atoms with van der Waals surface area (Å²) in [6, 6.07) is 8.35. The molecule has 2 saturated heterocycles. The number of halogens is 1. The summed E-state index contributed by atoms with van der Waals surface area (Å²) in [5.41, 5.74) is 1.60. The molecule has 3 fully saturated rings. The molecule has 1 aliphatic carbocycles. The summed E-state index contributed by atoms with van der Waals surface area (Å²) in [5.74, 6) is 0.898. The zero-order valence-electron chi connectivity index (χ0n) is 18.9. The van der Waals surface area contributed by atoms with Crippen molar-refractivity contribution >= 4 is 23.5 Å². The van der Waals surface area contributed by atoms with E-state index in [1.165, 1.54) is 10.9 Å². The predicted molar refractivity (Wildman–Crippen MR) is 124 cm³/mol. The van der Waals surface area contributed by atoms with Crippen LogP contribution in [0.25, 0.3) is 0 Å². The van der Waals surface area contributed by atoms with Crippen LogP contribution in [-0.2, 0) is 11.3 Å². The third kappa shape index (κ3) is 4.65. The maximum absolute atomic E-state index is 13.0. The predicted octanol–water partition coefficient (Wildman–Crippen LogP) is 2.82. The van der Waals surface area contributed by atoms with Gasteiger partial charge in [-0.1, -0.05) is 29.8 Å². The molecule has 0 radical (unpaired) electrons. The van der Waals surface area contributed by atoms with Gasteiger partial charge in [-0.3, -0.25) is 9.69 Å². The van der Waals surface area contributed by atoms with E-state index in [0.717, 1.165) is 43.1 Å². The molecular weight excluding hydrogens is 442 g/mol. The van der Waals surface area contributed by atoms with Crippen molar-refractivity contribution in [3.63, 3.8) is 0 Å². The lowest BCUT2D eigenvalue weighted by Gasteiger charge is -2.27. The number of amides is 2. The number of rotatable bonds is 4. The van der Waals surface area contributed by atoms with E-state index in [0.29, 0.717) is 49.7 Å². The molecule has 0 spiro atoms. The van der Waals surface area contributed by atoms with Gasteiger partial charge in [-0.05, 0) is 43.4 Å². The van der Waals surface area contributed by atoms with Gasteiger partial charge in [0.25, 0.3) is 5.91 Å². The summed E-state index contributed by atoms with van der Waals surface area (Å²) in [5, 5.41) is 5.00. The van der Waals surface area contributed by atoms with E-state index in [4.69, 9.17) is 16.3 Å². The molecule has 3 heterocycles. The lowest BCUT2D eigenvalue weighted by atomic mass is 10.0.